The van der Waals surface area contributed by atoms with Crippen molar-refractivity contribution >= 4 is 30.1 Å². The van der Waals surface area contributed by atoms with E-state index in [2.05, 4.69) is 18.5 Å². The fourth-order valence-electron chi connectivity index (χ4n) is 2.63. The normalized spacial score (nSPS) is 17.8. The monoisotopic (exact) mass is 383 g/mol. The molecule has 2 rings (SSSR count). The number of allylic oxidation sites excluding steroid dienone is 2. The van der Waals surface area contributed by atoms with Crippen LogP contribution in [0.5, 0.6) is 0 Å². The molecule has 0 aliphatic carbocycles. The molecule has 6 nitrogen and oxygen atoms in total. The molecule has 0 saturated carbocycles. The number of ether oxygens (including phenoxy) is 1. The van der Waals surface area contributed by atoms with Crippen molar-refractivity contribution in [2.75, 3.05) is 12.4 Å². The molecule has 1 N–H and O–H groups in total. The molecule has 148 valence electrons. The quantitative estimate of drug-likeness (QED) is 0.354. The summed E-state index contributed by atoms with van der Waals surface area (Å²) in [5.74, 6) is -0.995. The summed E-state index contributed by atoms with van der Waals surface area (Å²) in [6.07, 6.45) is 4.42. The lowest BCUT2D eigenvalue weighted by Crippen LogP contribution is -2.41. The maximum Gasteiger partial charge on any atom is 0.494 e. The predicted octanol–water partition coefficient (Wildman–Crippen LogP) is 3.01. The van der Waals surface area contributed by atoms with Crippen LogP contribution in [0.3, 0.4) is 0 Å². The molecule has 1 heterocycles. The Bertz CT molecular complexity index is 825. The van der Waals surface area contributed by atoms with E-state index in [9.17, 15) is 9.59 Å². The van der Waals surface area contributed by atoms with Gasteiger partial charge in [-0.25, -0.2) is 4.79 Å². The van der Waals surface area contributed by atoms with Gasteiger partial charge in [-0.1, -0.05) is 37.5 Å². The first-order valence-electron chi connectivity index (χ1n) is 8.90. The summed E-state index contributed by atoms with van der Waals surface area (Å²) >= 11 is 0. The first-order valence-corrected chi connectivity index (χ1v) is 8.90. The van der Waals surface area contributed by atoms with Gasteiger partial charge in [-0.05, 0) is 45.3 Å². The van der Waals surface area contributed by atoms with Crippen LogP contribution in [0.25, 0.3) is 0 Å². The third kappa shape index (κ3) is 4.26. The Labute approximate surface area is 166 Å². The molecule has 1 aromatic carbocycles. The highest BCUT2D eigenvalue weighted by atomic mass is 16.7. The molecule has 0 bridgehead atoms. The van der Waals surface area contributed by atoms with Crippen LogP contribution in [0.2, 0.25) is 0 Å². The summed E-state index contributed by atoms with van der Waals surface area (Å²) < 4.78 is 16.9. The Morgan fingerprint density at radius 1 is 1.14 bits per heavy atom. The average molecular weight is 383 g/mol. The second-order valence-electron chi connectivity index (χ2n) is 7.40. The van der Waals surface area contributed by atoms with Crippen LogP contribution in [-0.4, -0.2) is 37.3 Å². The van der Waals surface area contributed by atoms with Crippen LogP contribution >= 0.6 is 0 Å². The highest BCUT2D eigenvalue weighted by Gasteiger charge is 2.51. The number of hydrogen-bond acceptors (Lipinski definition) is 5. The fraction of sp³-hybridized carbons (Fsp3) is 0.333. The van der Waals surface area contributed by atoms with E-state index in [1.165, 1.54) is 25.3 Å². The van der Waals surface area contributed by atoms with Gasteiger partial charge in [-0.15, -0.1) is 0 Å². The number of methoxy groups -OCH3 is 1. The molecular weight excluding hydrogens is 357 g/mol. The van der Waals surface area contributed by atoms with E-state index in [1.807, 2.05) is 27.7 Å². The second kappa shape index (κ2) is 8.16. The lowest BCUT2D eigenvalue weighted by Gasteiger charge is -2.32. The highest BCUT2D eigenvalue weighted by molar-refractivity contribution is 6.62. The molecule has 1 aliphatic heterocycles. The number of benzene rings is 1. The molecule has 1 aliphatic rings. The van der Waals surface area contributed by atoms with Gasteiger partial charge in [0, 0.05) is 5.57 Å². The minimum absolute atomic E-state index is 0.199. The third-order valence-electron chi connectivity index (χ3n) is 5.00. The molecule has 28 heavy (non-hydrogen) atoms. The van der Waals surface area contributed by atoms with Crippen LogP contribution in [-0.2, 0) is 18.8 Å². The van der Waals surface area contributed by atoms with E-state index in [0.717, 1.165) is 0 Å². The van der Waals surface area contributed by atoms with Gasteiger partial charge in [0.2, 0.25) is 0 Å². The van der Waals surface area contributed by atoms with Crippen LogP contribution in [0.15, 0.2) is 55.2 Å². The van der Waals surface area contributed by atoms with E-state index in [1.54, 1.807) is 18.2 Å². The van der Waals surface area contributed by atoms with E-state index in [4.69, 9.17) is 14.0 Å². The number of hydrogen-bond donors (Lipinski definition) is 1. The van der Waals surface area contributed by atoms with Gasteiger partial charge in [0.25, 0.3) is 5.91 Å². The van der Waals surface area contributed by atoms with E-state index < -0.39 is 30.2 Å². The van der Waals surface area contributed by atoms with E-state index >= 15 is 0 Å². The zero-order chi connectivity index (χ0) is 21.1. The SMILES string of the molecule is C=C/C=C(\C=C)C(=O)Nc1ccc(B2OC(C)(C)C(C)(C)O2)cc1C(=O)OC. The topological polar surface area (TPSA) is 73.9 Å². The Hall–Kier alpha value is -2.64. The van der Waals surface area contributed by atoms with Gasteiger partial charge < -0.3 is 19.4 Å². The van der Waals surface area contributed by atoms with Crippen LogP contribution in [0.4, 0.5) is 5.69 Å². The standard InChI is InChI=1S/C21H26BNO5/c1-8-10-14(9-2)18(24)23-17-12-11-15(13-16(17)19(25)26-7)22-27-20(3,4)21(5,6)28-22/h8-13H,1-2H2,3-7H3,(H,23,24)/b14-10+. The van der Waals surface area contributed by atoms with Crippen molar-refractivity contribution < 1.29 is 23.6 Å². The largest absolute Gasteiger partial charge is 0.494 e. The van der Waals surface area contributed by atoms with Crippen LogP contribution in [0, 0.1) is 0 Å². The number of nitrogens with one attached hydrogen (secondary N) is 1. The molecule has 0 unspecified atom stereocenters. The highest BCUT2D eigenvalue weighted by Crippen LogP contribution is 2.36. The van der Waals surface area contributed by atoms with E-state index in [-0.39, 0.29) is 5.56 Å². The summed E-state index contributed by atoms with van der Waals surface area (Å²) in [6.45, 7) is 15.0. The fourth-order valence-corrected chi connectivity index (χ4v) is 2.63. The molecule has 1 fully saturated rings. The number of carbonyl (C=O) groups is 2. The summed E-state index contributed by atoms with van der Waals surface area (Å²) in [6, 6.07) is 4.97. The Kier molecular flexibility index (Phi) is 6.32. The summed E-state index contributed by atoms with van der Waals surface area (Å²) in [4.78, 5) is 24.7. The first kappa shape index (κ1) is 21.7. The van der Waals surface area contributed by atoms with Gasteiger partial charge >= 0.3 is 13.1 Å². The van der Waals surface area contributed by atoms with Gasteiger partial charge in [-0.3, -0.25) is 4.79 Å². The lowest BCUT2D eigenvalue weighted by molar-refractivity contribution is -0.112. The van der Waals surface area contributed by atoms with Crippen LogP contribution in [0.1, 0.15) is 38.1 Å². The minimum Gasteiger partial charge on any atom is -0.465 e. The van der Waals surface area contributed by atoms with Crippen molar-refractivity contribution in [3.05, 3.63) is 60.7 Å². The summed E-state index contributed by atoms with van der Waals surface area (Å²) in [5, 5.41) is 2.70. The number of esters is 1. The van der Waals surface area contributed by atoms with E-state index in [0.29, 0.717) is 16.7 Å². The number of rotatable bonds is 6. The Balaban J connectivity index is 2.38. The molecular formula is C21H26BNO5. The van der Waals surface area contributed by atoms with Crippen molar-refractivity contribution in [2.45, 2.75) is 38.9 Å². The zero-order valence-corrected chi connectivity index (χ0v) is 17.0. The predicted molar refractivity (Wildman–Crippen MR) is 111 cm³/mol. The molecule has 0 spiro atoms. The molecule has 0 radical (unpaired) electrons. The summed E-state index contributed by atoms with van der Waals surface area (Å²) in [7, 11) is 0.643. The zero-order valence-electron chi connectivity index (χ0n) is 17.0. The molecule has 7 heteroatoms. The molecule has 0 atom stereocenters. The molecule has 0 aromatic heterocycles. The Morgan fingerprint density at radius 3 is 2.25 bits per heavy atom. The minimum atomic E-state index is -0.637. The van der Waals surface area contributed by atoms with Crippen molar-refractivity contribution in [3.8, 4) is 0 Å². The first-order chi connectivity index (χ1) is 13.1. The average Bonchev–Trinajstić information content (AvgIpc) is 2.86. The molecule has 1 amide bonds. The van der Waals surface area contributed by atoms with Gasteiger partial charge in [0.1, 0.15) is 0 Å². The number of amides is 1. The lowest BCUT2D eigenvalue weighted by atomic mass is 9.78. The third-order valence-corrected chi connectivity index (χ3v) is 5.00. The maximum atomic E-state index is 12.4. The van der Waals surface area contributed by atoms with Gasteiger partial charge in [0.15, 0.2) is 0 Å². The van der Waals surface area contributed by atoms with Crippen molar-refractivity contribution in [1.29, 1.82) is 0 Å². The van der Waals surface area contributed by atoms with Gasteiger partial charge in [0.05, 0.1) is 29.6 Å². The van der Waals surface area contributed by atoms with Crippen molar-refractivity contribution in [1.82, 2.24) is 0 Å². The van der Waals surface area contributed by atoms with Crippen LogP contribution < -0.4 is 10.8 Å². The maximum absolute atomic E-state index is 12.4. The smallest absolute Gasteiger partial charge is 0.465 e. The number of anilines is 1. The molecule has 1 aromatic rings. The molecule has 1 saturated heterocycles. The van der Waals surface area contributed by atoms with Crippen molar-refractivity contribution in [2.24, 2.45) is 0 Å². The summed E-state index contributed by atoms with van der Waals surface area (Å²) in [5.41, 5.74) is 0.469. The Morgan fingerprint density at radius 2 is 1.75 bits per heavy atom. The second-order valence-corrected chi connectivity index (χ2v) is 7.40. The van der Waals surface area contributed by atoms with Gasteiger partial charge in [-0.2, -0.15) is 0 Å². The number of carbonyl (C=O) groups excluding carboxylic acids is 2. The van der Waals surface area contributed by atoms with Crippen molar-refractivity contribution in [3.63, 3.8) is 0 Å².